The van der Waals surface area contributed by atoms with E-state index < -0.39 is 41.6 Å². The first-order valence-corrected chi connectivity index (χ1v) is 4.46. The highest BCUT2D eigenvalue weighted by molar-refractivity contribution is 6.30. The summed E-state index contributed by atoms with van der Waals surface area (Å²) in [5.74, 6) is -1.00. The fourth-order valence-electron chi connectivity index (χ4n) is 1.00. The van der Waals surface area contributed by atoms with Gasteiger partial charge in [-0.2, -0.15) is 0 Å². The van der Waals surface area contributed by atoms with E-state index in [9.17, 15) is 22.0 Å². The first-order chi connectivity index (χ1) is 7.74. The number of aliphatic hydroxyl groups excluding tert-OH is 1. The van der Waals surface area contributed by atoms with E-state index in [0.29, 0.717) is 6.07 Å². The molecule has 1 heterocycles. The van der Waals surface area contributed by atoms with Crippen LogP contribution < -0.4 is 4.74 Å². The summed E-state index contributed by atoms with van der Waals surface area (Å²) >= 11 is 5.31. The molecule has 0 aliphatic rings. The predicted octanol–water partition coefficient (Wildman–Crippen LogP) is 3.06. The topological polar surface area (TPSA) is 42.4 Å². The third-order valence-corrected chi connectivity index (χ3v) is 1.96. The molecule has 0 radical (unpaired) electrons. The summed E-state index contributed by atoms with van der Waals surface area (Å²) in [6, 6.07) is 0.402. The first kappa shape index (κ1) is 13.9. The summed E-state index contributed by atoms with van der Waals surface area (Å²) in [7, 11) is 0. The highest BCUT2D eigenvalue weighted by Crippen LogP contribution is 2.33. The van der Waals surface area contributed by atoms with Crippen molar-refractivity contribution < 1.29 is 31.8 Å². The maximum atomic E-state index is 12.4. The summed E-state index contributed by atoms with van der Waals surface area (Å²) in [5.41, 5.74) is -1.47. The minimum absolute atomic E-state index is 0.402. The molecular formula is C8H5ClF5NO2. The normalized spacial score (nSPS) is 12.0. The Labute approximate surface area is 96.8 Å². The lowest BCUT2D eigenvalue weighted by Crippen LogP contribution is -2.19. The SMILES string of the molecule is OCc1nc(Cl)c(C(F)F)cc1OC(F)(F)F. The Morgan fingerprint density at radius 2 is 2.00 bits per heavy atom. The van der Waals surface area contributed by atoms with Crippen LogP contribution in [0.5, 0.6) is 5.75 Å². The van der Waals surface area contributed by atoms with Crippen LogP contribution in [-0.4, -0.2) is 16.5 Å². The van der Waals surface area contributed by atoms with Gasteiger partial charge >= 0.3 is 6.36 Å². The smallest absolute Gasteiger partial charge is 0.404 e. The fourth-order valence-corrected chi connectivity index (χ4v) is 1.24. The molecule has 1 aromatic rings. The molecule has 0 amide bonds. The van der Waals surface area contributed by atoms with Crippen LogP contribution in [0.1, 0.15) is 17.7 Å². The zero-order valence-electron chi connectivity index (χ0n) is 7.93. The van der Waals surface area contributed by atoms with Crippen molar-refractivity contribution in [2.75, 3.05) is 0 Å². The number of hydrogen-bond acceptors (Lipinski definition) is 3. The van der Waals surface area contributed by atoms with Gasteiger partial charge in [0, 0.05) is 0 Å². The van der Waals surface area contributed by atoms with Crippen molar-refractivity contribution in [2.24, 2.45) is 0 Å². The number of halogens is 6. The van der Waals surface area contributed by atoms with E-state index in [2.05, 4.69) is 9.72 Å². The number of alkyl halides is 5. The molecule has 0 fully saturated rings. The van der Waals surface area contributed by atoms with Gasteiger partial charge in [-0.25, -0.2) is 13.8 Å². The quantitative estimate of drug-likeness (QED) is 0.682. The van der Waals surface area contributed by atoms with Gasteiger partial charge in [0.2, 0.25) is 0 Å². The van der Waals surface area contributed by atoms with Gasteiger partial charge in [0.05, 0.1) is 12.2 Å². The third-order valence-electron chi connectivity index (χ3n) is 1.65. The van der Waals surface area contributed by atoms with E-state index in [1.54, 1.807) is 0 Å². The number of aromatic nitrogens is 1. The standard InChI is InChI=1S/C8H5ClF5NO2/c9-6-3(7(10)11)1-5(4(2-16)15-6)17-8(12,13)14/h1,7,16H,2H2. The fraction of sp³-hybridized carbons (Fsp3) is 0.375. The van der Waals surface area contributed by atoms with E-state index in [0.717, 1.165) is 0 Å². The number of aliphatic hydroxyl groups is 1. The van der Waals surface area contributed by atoms with Gasteiger partial charge in [0.25, 0.3) is 6.43 Å². The first-order valence-electron chi connectivity index (χ1n) is 4.08. The largest absolute Gasteiger partial charge is 0.573 e. The number of nitrogens with zero attached hydrogens (tertiary/aromatic N) is 1. The van der Waals surface area contributed by atoms with E-state index in [4.69, 9.17) is 16.7 Å². The van der Waals surface area contributed by atoms with Crippen molar-refractivity contribution in [1.29, 1.82) is 0 Å². The Morgan fingerprint density at radius 3 is 2.41 bits per heavy atom. The molecule has 0 aliphatic carbocycles. The van der Waals surface area contributed by atoms with Gasteiger partial charge in [-0.15, -0.1) is 13.2 Å². The van der Waals surface area contributed by atoms with Crippen LogP contribution in [0.4, 0.5) is 22.0 Å². The van der Waals surface area contributed by atoms with Gasteiger partial charge in [0.15, 0.2) is 5.75 Å². The highest BCUT2D eigenvalue weighted by atomic mass is 35.5. The van der Waals surface area contributed by atoms with Crippen LogP contribution in [0.3, 0.4) is 0 Å². The summed E-state index contributed by atoms with van der Waals surface area (Å²) < 4.78 is 64.0. The molecule has 0 aromatic carbocycles. The van der Waals surface area contributed by atoms with Crippen molar-refractivity contribution in [2.45, 2.75) is 19.4 Å². The molecule has 17 heavy (non-hydrogen) atoms. The van der Waals surface area contributed by atoms with E-state index in [-0.39, 0.29) is 0 Å². The zero-order valence-corrected chi connectivity index (χ0v) is 8.69. The van der Waals surface area contributed by atoms with Crippen LogP contribution in [0, 0.1) is 0 Å². The monoisotopic (exact) mass is 277 g/mol. The second-order valence-electron chi connectivity index (χ2n) is 2.82. The Hall–Kier alpha value is -1.15. The average Bonchev–Trinajstić information content (AvgIpc) is 2.17. The van der Waals surface area contributed by atoms with Gasteiger partial charge in [-0.05, 0) is 6.07 Å². The second kappa shape index (κ2) is 5.01. The van der Waals surface area contributed by atoms with Crippen LogP contribution in [0.25, 0.3) is 0 Å². The molecule has 0 spiro atoms. The maximum absolute atomic E-state index is 12.4. The number of rotatable bonds is 3. The molecule has 96 valence electrons. The van der Waals surface area contributed by atoms with E-state index in [1.807, 2.05) is 0 Å². The summed E-state index contributed by atoms with van der Waals surface area (Å²) in [5, 5.41) is 8.03. The van der Waals surface area contributed by atoms with E-state index in [1.165, 1.54) is 0 Å². The van der Waals surface area contributed by atoms with Gasteiger partial charge in [-0.1, -0.05) is 11.6 Å². The Balaban J connectivity index is 3.22. The summed E-state index contributed by atoms with van der Waals surface area (Å²) in [6.45, 7) is -0.922. The van der Waals surface area contributed by atoms with Crippen molar-refractivity contribution in [3.63, 3.8) is 0 Å². The number of hydrogen-bond donors (Lipinski definition) is 1. The van der Waals surface area contributed by atoms with Gasteiger partial charge < -0.3 is 9.84 Å². The lowest BCUT2D eigenvalue weighted by atomic mass is 10.2. The molecule has 0 unspecified atom stereocenters. The third kappa shape index (κ3) is 3.67. The van der Waals surface area contributed by atoms with Gasteiger partial charge in [-0.3, -0.25) is 0 Å². The van der Waals surface area contributed by atoms with Crippen LogP contribution in [0.2, 0.25) is 5.15 Å². The van der Waals surface area contributed by atoms with E-state index >= 15 is 0 Å². The van der Waals surface area contributed by atoms with Gasteiger partial charge in [0.1, 0.15) is 10.8 Å². The molecule has 3 nitrogen and oxygen atoms in total. The zero-order chi connectivity index (χ0) is 13.2. The van der Waals surface area contributed by atoms with Crippen molar-refractivity contribution >= 4 is 11.6 Å². The molecule has 1 aromatic heterocycles. The van der Waals surface area contributed by atoms with Crippen LogP contribution >= 0.6 is 11.6 Å². The highest BCUT2D eigenvalue weighted by Gasteiger charge is 2.33. The molecule has 1 N–H and O–H groups in total. The Kier molecular flexibility index (Phi) is 4.10. The minimum atomic E-state index is -5.07. The van der Waals surface area contributed by atoms with Crippen molar-refractivity contribution in [1.82, 2.24) is 4.98 Å². The lowest BCUT2D eigenvalue weighted by molar-refractivity contribution is -0.275. The summed E-state index contributed by atoms with van der Waals surface area (Å²) in [4.78, 5) is 3.21. The molecule has 0 saturated carbocycles. The molecule has 9 heteroatoms. The molecule has 0 aliphatic heterocycles. The predicted molar refractivity (Wildman–Crippen MR) is 46.8 cm³/mol. The number of pyridine rings is 1. The van der Waals surface area contributed by atoms with Crippen molar-refractivity contribution in [3.8, 4) is 5.75 Å². The molecular weight excluding hydrogens is 273 g/mol. The average molecular weight is 278 g/mol. The molecule has 0 bridgehead atoms. The molecule has 0 saturated heterocycles. The minimum Gasteiger partial charge on any atom is -0.404 e. The van der Waals surface area contributed by atoms with Crippen molar-refractivity contribution in [3.05, 3.63) is 22.5 Å². The lowest BCUT2D eigenvalue weighted by Gasteiger charge is -2.13. The molecule has 1 rings (SSSR count). The maximum Gasteiger partial charge on any atom is 0.573 e. The Bertz CT molecular complexity index is 410. The van der Waals surface area contributed by atoms with Crippen LogP contribution in [0.15, 0.2) is 6.07 Å². The molecule has 0 atom stereocenters. The number of ether oxygens (including phenoxy) is 1. The Morgan fingerprint density at radius 1 is 1.41 bits per heavy atom. The van der Waals surface area contributed by atoms with Crippen LogP contribution in [-0.2, 0) is 6.61 Å². The second-order valence-corrected chi connectivity index (χ2v) is 3.18. The summed E-state index contributed by atoms with van der Waals surface area (Å²) in [6.07, 6.45) is -8.17.